The first-order chi connectivity index (χ1) is 13.9. The molecule has 0 amide bonds. The van der Waals surface area contributed by atoms with Crippen LogP contribution in [0.4, 0.5) is 0 Å². The van der Waals surface area contributed by atoms with Crippen LogP contribution in [0.25, 0.3) is 0 Å². The highest BCUT2D eigenvalue weighted by Gasteiger charge is 2.25. The molecule has 1 atom stereocenters. The second-order valence-electron chi connectivity index (χ2n) is 7.24. The normalized spacial score (nSPS) is 16.8. The summed E-state index contributed by atoms with van der Waals surface area (Å²) in [5, 5.41) is 3.32. The first kappa shape index (κ1) is 24.2. The average Bonchev–Trinajstić information content (AvgIpc) is 3.08. The van der Waals surface area contributed by atoms with Gasteiger partial charge in [-0.2, -0.15) is 0 Å². The molecule has 0 bridgehead atoms. The van der Waals surface area contributed by atoms with Gasteiger partial charge in [-0.25, -0.2) is 4.79 Å². The summed E-state index contributed by atoms with van der Waals surface area (Å²) in [4.78, 5) is 18.4. The molecule has 7 nitrogen and oxygen atoms in total. The quantitative estimate of drug-likeness (QED) is 0.283. The third-order valence-electron chi connectivity index (χ3n) is 5.14. The van der Waals surface area contributed by atoms with E-state index in [1.807, 2.05) is 0 Å². The highest BCUT2D eigenvalue weighted by molar-refractivity contribution is 14.0. The number of esters is 1. The number of aryl methyl sites for hydroxylation is 3. The predicted molar refractivity (Wildman–Crippen MR) is 127 cm³/mol. The Morgan fingerprint density at radius 1 is 1.30 bits per heavy atom. The van der Waals surface area contributed by atoms with E-state index in [9.17, 15) is 4.79 Å². The smallest absolute Gasteiger partial charge is 0.341 e. The lowest BCUT2D eigenvalue weighted by Gasteiger charge is -2.35. The third-order valence-corrected chi connectivity index (χ3v) is 5.14. The Balaban J connectivity index is 0.00000320. The Bertz CT molecular complexity index is 910. The maximum absolute atomic E-state index is 11.8. The van der Waals surface area contributed by atoms with Gasteiger partial charge in [-0.05, 0) is 38.0 Å². The van der Waals surface area contributed by atoms with Crippen molar-refractivity contribution in [1.82, 2.24) is 10.2 Å². The number of hydrogen-bond acceptors (Lipinski definition) is 5. The molecule has 164 valence electrons. The van der Waals surface area contributed by atoms with Crippen LogP contribution in [0, 0.1) is 20.8 Å². The van der Waals surface area contributed by atoms with E-state index in [0.717, 1.165) is 12.5 Å². The molecule has 0 aliphatic carbocycles. The Kier molecular flexibility index (Phi) is 8.72. The first-order valence-corrected chi connectivity index (χ1v) is 9.75. The summed E-state index contributed by atoms with van der Waals surface area (Å²) in [6.45, 7) is 8.50. The van der Waals surface area contributed by atoms with Gasteiger partial charge in [-0.15, -0.1) is 24.0 Å². The second kappa shape index (κ2) is 10.8. The average molecular weight is 527 g/mol. The van der Waals surface area contributed by atoms with Gasteiger partial charge in [-0.3, -0.25) is 4.99 Å². The van der Waals surface area contributed by atoms with Crippen molar-refractivity contribution in [2.24, 2.45) is 4.99 Å². The van der Waals surface area contributed by atoms with Gasteiger partial charge in [0.1, 0.15) is 23.2 Å². The molecule has 1 N–H and O–H groups in total. The Morgan fingerprint density at radius 2 is 2.07 bits per heavy atom. The van der Waals surface area contributed by atoms with Crippen molar-refractivity contribution in [2.75, 3.05) is 33.9 Å². The molecule has 1 saturated heterocycles. The summed E-state index contributed by atoms with van der Waals surface area (Å²) in [6, 6.07) is 8.16. The minimum atomic E-state index is -0.397. The molecule has 1 aliphatic rings. The first-order valence-electron chi connectivity index (χ1n) is 9.75. The fourth-order valence-electron chi connectivity index (χ4n) is 3.66. The molecule has 0 radical (unpaired) electrons. The number of methoxy groups -OCH3 is 1. The lowest BCUT2D eigenvalue weighted by molar-refractivity contribution is -0.00837. The van der Waals surface area contributed by atoms with Crippen molar-refractivity contribution in [3.8, 4) is 0 Å². The summed E-state index contributed by atoms with van der Waals surface area (Å²) in [5.74, 6) is 1.58. The van der Waals surface area contributed by atoms with Crippen molar-refractivity contribution >= 4 is 35.9 Å². The van der Waals surface area contributed by atoms with Crippen LogP contribution in [0.1, 0.15) is 44.7 Å². The van der Waals surface area contributed by atoms with Crippen LogP contribution in [0.2, 0.25) is 0 Å². The monoisotopic (exact) mass is 527 g/mol. The molecular formula is C22H30IN3O4. The topological polar surface area (TPSA) is 76.3 Å². The van der Waals surface area contributed by atoms with Gasteiger partial charge in [0.25, 0.3) is 0 Å². The van der Waals surface area contributed by atoms with Crippen LogP contribution in [0.3, 0.4) is 0 Å². The summed E-state index contributed by atoms with van der Waals surface area (Å²) in [6.07, 6.45) is -0.000292. The number of ether oxygens (including phenoxy) is 2. The number of carbonyl (C=O) groups excluding carboxylic acids is 1. The molecule has 30 heavy (non-hydrogen) atoms. The fraction of sp³-hybridized carbons (Fsp3) is 0.455. The Labute approximate surface area is 194 Å². The largest absolute Gasteiger partial charge is 0.465 e. The van der Waals surface area contributed by atoms with Crippen LogP contribution in [0.15, 0.2) is 33.7 Å². The van der Waals surface area contributed by atoms with Crippen LogP contribution in [-0.4, -0.2) is 50.7 Å². The van der Waals surface area contributed by atoms with E-state index in [4.69, 9.17) is 13.9 Å². The number of aliphatic imine (C=N–C) groups is 1. The minimum absolute atomic E-state index is 0. The lowest BCUT2D eigenvalue weighted by Crippen LogP contribution is -2.48. The number of nitrogens with one attached hydrogen (secondary N) is 1. The maximum atomic E-state index is 11.8. The molecule has 2 heterocycles. The molecule has 1 aromatic carbocycles. The molecule has 8 heteroatoms. The number of benzene rings is 1. The van der Waals surface area contributed by atoms with Crippen molar-refractivity contribution in [3.05, 3.63) is 58.0 Å². The molecule has 1 unspecified atom stereocenters. The summed E-state index contributed by atoms with van der Waals surface area (Å²) >= 11 is 0. The van der Waals surface area contributed by atoms with Gasteiger partial charge >= 0.3 is 5.97 Å². The van der Waals surface area contributed by atoms with Gasteiger partial charge in [0.2, 0.25) is 0 Å². The second-order valence-corrected chi connectivity index (χ2v) is 7.24. The number of nitrogens with zero attached hydrogens (tertiary/aromatic N) is 2. The van der Waals surface area contributed by atoms with Crippen LogP contribution in [0.5, 0.6) is 0 Å². The number of morpholine rings is 1. The number of carbonyl (C=O) groups is 1. The van der Waals surface area contributed by atoms with Crippen molar-refractivity contribution in [2.45, 2.75) is 33.4 Å². The van der Waals surface area contributed by atoms with E-state index < -0.39 is 5.97 Å². The van der Waals surface area contributed by atoms with Gasteiger partial charge in [0.05, 0.1) is 26.8 Å². The molecule has 1 aromatic heterocycles. The standard InChI is InChI=1S/C22H29N3O4.HI/c1-14-6-7-18(15(2)10-14)20-13-25(8-9-28-20)22(23-4)24-12-17-11-19(16(3)29-17)21(26)27-5;/h6-7,10-11,20H,8-9,12-13H2,1-5H3,(H,23,24);1H. The number of hydrogen-bond donors (Lipinski definition) is 1. The zero-order chi connectivity index (χ0) is 21.0. The molecule has 0 spiro atoms. The SMILES string of the molecule is CN=C(NCc1cc(C(=O)OC)c(C)o1)N1CCOC(c2ccc(C)cc2C)C1.I. The number of guanidine groups is 1. The third kappa shape index (κ3) is 5.54. The zero-order valence-electron chi connectivity index (χ0n) is 18.2. The van der Waals surface area contributed by atoms with E-state index >= 15 is 0 Å². The van der Waals surface area contributed by atoms with Crippen LogP contribution in [-0.2, 0) is 16.0 Å². The summed E-state index contributed by atoms with van der Waals surface area (Å²) in [7, 11) is 3.12. The van der Waals surface area contributed by atoms with Crippen molar-refractivity contribution in [1.29, 1.82) is 0 Å². The minimum Gasteiger partial charge on any atom is -0.465 e. The number of halogens is 1. The predicted octanol–water partition coefficient (Wildman–Crippen LogP) is 3.76. The van der Waals surface area contributed by atoms with Gasteiger partial charge in [0, 0.05) is 13.6 Å². The highest BCUT2D eigenvalue weighted by atomic mass is 127. The maximum Gasteiger partial charge on any atom is 0.341 e. The summed E-state index contributed by atoms with van der Waals surface area (Å²) < 4.78 is 16.5. The Morgan fingerprint density at radius 3 is 2.73 bits per heavy atom. The van der Waals surface area contributed by atoms with E-state index in [-0.39, 0.29) is 30.1 Å². The lowest BCUT2D eigenvalue weighted by atomic mass is 10.00. The van der Waals surface area contributed by atoms with E-state index in [1.165, 1.54) is 23.8 Å². The van der Waals surface area contributed by atoms with E-state index in [2.05, 4.69) is 47.3 Å². The molecular weight excluding hydrogens is 497 g/mol. The Hall–Kier alpha value is -2.07. The van der Waals surface area contributed by atoms with Crippen molar-refractivity contribution in [3.63, 3.8) is 0 Å². The highest BCUT2D eigenvalue weighted by Crippen LogP contribution is 2.26. The van der Waals surface area contributed by atoms with Gasteiger partial charge in [0.15, 0.2) is 5.96 Å². The molecule has 1 aliphatic heterocycles. The van der Waals surface area contributed by atoms with E-state index in [1.54, 1.807) is 20.0 Å². The van der Waals surface area contributed by atoms with Gasteiger partial charge in [-0.1, -0.05) is 23.8 Å². The molecule has 2 aromatic rings. The van der Waals surface area contributed by atoms with Gasteiger partial charge < -0.3 is 24.1 Å². The summed E-state index contributed by atoms with van der Waals surface area (Å²) in [5.41, 5.74) is 4.14. The van der Waals surface area contributed by atoms with Crippen LogP contribution >= 0.6 is 24.0 Å². The fourth-order valence-corrected chi connectivity index (χ4v) is 3.66. The molecule has 1 fully saturated rings. The number of rotatable bonds is 4. The van der Waals surface area contributed by atoms with E-state index in [0.29, 0.717) is 36.8 Å². The molecule has 0 saturated carbocycles. The van der Waals surface area contributed by atoms with Crippen LogP contribution < -0.4 is 5.32 Å². The van der Waals surface area contributed by atoms with Crippen molar-refractivity contribution < 1.29 is 18.7 Å². The zero-order valence-corrected chi connectivity index (χ0v) is 20.5. The molecule has 3 rings (SSSR count). The number of furan rings is 1.